The number of carboxylic acid groups (broad SMARTS) is 1. The number of aromatic amines is 1. The zero-order valence-corrected chi connectivity index (χ0v) is 14.7. The standard InChI is InChI=1S/C16H20N6O2.CH2O2/c23-15-7-13(20-10-21-15)8-19-16(24)11-1-3-12(4-2-11)22-14-9-17-5-6-18-14;2-1-3/h5-7,9-12H,1-4,8H2,(H,18,22)(H,19,24)(H,20,21,23);1H,(H,2,3). The molecule has 27 heavy (non-hydrogen) atoms. The van der Waals surface area contributed by atoms with E-state index in [9.17, 15) is 9.59 Å². The van der Waals surface area contributed by atoms with Gasteiger partial charge in [0, 0.05) is 30.4 Å². The van der Waals surface area contributed by atoms with E-state index in [1.54, 1.807) is 18.6 Å². The van der Waals surface area contributed by atoms with E-state index in [1.807, 2.05) is 0 Å². The van der Waals surface area contributed by atoms with Crippen molar-refractivity contribution in [3.63, 3.8) is 0 Å². The Bertz CT molecular complexity index is 774. The molecule has 3 rings (SSSR count). The molecule has 0 atom stereocenters. The lowest BCUT2D eigenvalue weighted by atomic mass is 9.85. The normalized spacial score (nSPS) is 18.5. The van der Waals surface area contributed by atoms with Crippen LogP contribution in [0.1, 0.15) is 31.4 Å². The zero-order valence-electron chi connectivity index (χ0n) is 14.7. The number of amides is 1. The van der Waals surface area contributed by atoms with Crippen LogP contribution in [0.15, 0.2) is 35.8 Å². The molecule has 2 aromatic rings. The summed E-state index contributed by atoms with van der Waals surface area (Å²) in [7, 11) is 0. The maximum atomic E-state index is 12.3. The number of rotatable bonds is 5. The highest BCUT2D eigenvalue weighted by Crippen LogP contribution is 2.26. The number of nitrogens with zero attached hydrogens (tertiary/aromatic N) is 3. The van der Waals surface area contributed by atoms with E-state index >= 15 is 0 Å². The number of nitrogens with one attached hydrogen (secondary N) is 3. The first-order valence-electron chi connectivity index (χ1n) is 8.54. The third-order valence-electron chi connectivity index (χ3n) is 4.19. The fraction of sp³-hybridized carbons (Fsp3) is 0.412. The smallest absolute Gasteiger partial charge is 0.290 e. The molecule has 1 saturated carbocycles. The van der Waals surface area contributed by atoms with Crippen LogP contribution in [-0.2, 0) is 16.1 Å². The first-order chi connectivity index (χ1) is 13.1. The van der Waals surface area contributed by atoms with Crippen molar-refractivity contribution in [2.45, 2.75) is 38.3 Å². The summed E-state index contributed by atoms with van der Waals surface area (Å²) in [5.74, 6) is 0.799. The molecule has 0 unspecified atom stereocenters. The molecule has 10 heteroatoms. The third kappa shape index (κ3) is 6.84. The summed E-state index contributed by atoms with van der Waals surface area (Å²) in [4.78, 5) is 46.5. The third-order valence-corrected chi connectivity index (χ3v) is 4.19. The van der Waals surface area contributed by atoms with Crippen molar-refractivity contribution in [1.29, 1.82) is 0 Å². The van der Waals surface area contributed by atoms with Gasteiger partial charge in [-0.05, 0) is 25.7 Å². The topological polar surface area (TPSA) is 150 Å². The quantitative estimate of drug-likeness (QED) is 0.554. The van der Waals surface area contributed by atoms with Crippen LogP contribution in [0.2, 0.25) is 0 Å². The van der Waals surface area contributed by atoms with E-state index in [4.69, 9.17) is 9.90 Å². The van der Waals surface area contributed by atoms with Gasteiger partial charge in [-0.2, -0.15) is 0 Å². The number of carbonyl (C=O) groups is 2. The van der Waals surface area contributed by atoms with Crippen molar-refractivity contribution < 1.29 is 14.7 Å². The number of hydrogen-bond acceptors (Lipinski definition) is 7. The van der Waals surface area contributed by atoms with E-state index in [0.717, 1.165) is 31.5 Å². The molecule has 1 aliphatic rings. The van der Waals surface area contributed by atoms with Crippen LogP contribution in [0.3, 0.4) is 0 Å². The fourth-order valence-corrected chi connectivity index (χ4v) is 2.91. The Balaban J connectivity index is 0.000000817. The molecule has 0 aromatic carbocycles. The summed E-state index contributed by atoms with van der Waals surface area (Å²) in [5.41, 5.74) is 0.343. The van der Waals surface area contributed by atoms with Gasteiger partial charge in [-0.15, -0.1) is 0 Å². The highest BCUT2D eigenvalue weighted by atomic mass is 16.3. The van der Waals surface area contributed by atoms with Crippen molar-refractivity contribution in [3.05, 3.63) is 47.0 Å². The second-order valence-corrected chi connectivity index (χ2v) is 6.01. The summed E-state index contributed by atoms with van der Waals surface area (Å²) < 4.78 is 0. The van der Waals surface area contributed by atoms with Crippen LogP contribution in [-0.4, -0.2) is 43.5 Å². The van der Waals surface area contributed by atoms with Gasteiger partial charge >= 0.3 is 0 Å². The Morgan fingerprint density at radius 1 is 1.26 bits per heavy atom. The minimum absolute atomic E-state index is 0.00639. The van der Waals surface area contributed by atoms with Crippen molar-refractivity contribution >= 4 is 18.2 Å². The van der Waals surface area contributed by atoms with Crippen LogP contribution in [0.25, 0.3) is 0 Å². The van der Waals surface area contributed by atoms with Gasteiger partial charge in [-0.1, -0.05) is 0 Å². The Morgan fingerprint density at radius 3 is 2.63 bits per heavy atom. The maximum Gasteiger partial charge on any atom is 0.290 e. The lowest BCUT2D eigenvalue weighted by Crippen LogP contribution is -2.36. The van der Waals surface area contributed by atoms with Gasteiger partial charge in [0.2, 0.25) is 5.91 Å². The molecule has 10 nitrogen and oxygen atoms in total. The predicted octanol–water partition coefficient (Wildman–Crippen LogP) is 0.548. The number of aromatic nitrogens is 4. The molecule has 4 N–H and O–H groups in total. The van der Waals surface area contributed by atoms with E-state index in [1.165, 1.54) is 12.4 Å². The Labute approximate surface area is 155 Å². The minimum Gasteiger partial charge on any atom is -0.483 e. The molecule has 144 valence electrons. The molecule has 0 saturated heterocycles. The second-order valence-electron chi connectivity index (χ2n) is 6.01. The maximum absolute atomic E-state index is 12.3. The molecular formula is C17H22N6O4. The van der Waals surface area contributed by atoms with Crippen molar-refractivity contribution in [1.82, 2.24) is 25.3 Å². The first-order valence-corrected chi connectivity index (χ1v) is 8.54. The molecule has 1 amide bonds. The van der Waals surface area contributed by atoms with Crippen LogP contribution >= 0.6 is 0 Å². The fourth-order valence-electron chi connectivity index (χ4n) is 2.91. The summed E-state index contributed by atoms with van der Waals surface area (Å²) in [5, 5.41) is 13.1. The summed E-state index contributed by atoms with van der Waals surface area (Å²) in [6.07, 6.45) is 9.82. The van der Waals surface area contributed by atoms with Gasteiger partial charge in [-0.25, -0.2) is 9.97 Å². The Kier molecular flexibility index (Phi) is 7.89. The van der Waals surface area contributed by atoms with E-state index in [-0.39, 0.29) is 30.4 Å². The Hall–Kier alpha value is -3.30. The molecule has 0 bridgehead atoms. The van der Waals surface area contributed by atoms with Crippen LogP contribution in [0.4, 0.5) is 5.82 Å². The largest absolute Gasteiger partial charge is 0.483 e. The van der Waals surface area contributed by atoms with E-state index in [0.29, 0.717) is 11.7 Å². The molecule has 0 aliphatic heterocycles. The molecule has 0 spiro atoms. The van der Waals surface area contributed by atoms with E-state index < -0.39 is 0 Å². The highest BCUT2D eigenvalue weighted by Gasteiger charge is 2.26. The zero-order chi connectivity index (χ0) is 19.5. The highest BCUT2D eigenvalue weighted by molar-refractivity contribution is 5.78. The average Bonchev–Trinajstić information content (AvgIpc) is 2.68. The summed E-state index contributed by atoms with van der Waals surface area (Å²) >= 11 is 0. The number of carbonyl (C=O) groups excluding carboxylic acids is 1. The van der Waals surface area contributed by atoms with Gasteiger partial charge in [0.05, 0.1) is 24.8 Å². The lowest BCUT2D eigenvalue weighted by Gasteiger charge is -2.28. The molecule has 2 aromatic heterocycles. The van der Waals surface area contributed by atoms with Crippen molar-refractivity contribution in [2.75, 3.05) is 5.32 Å². The van der Waals surface area contributed by atoms with Crippen molar-refractivity contribution in [3.8, 4) is 0 Å². The summed E-state index contributed by atoms with van der Waals surface area (Å²) in [6.45, 7) is 0.0283. The van der Waals surface area contributed by atoms with Crippen LogP contribution in [0.5, 0.6) is 0 Å². The van der Waals surface area contributed by atoms with Crippen LogP contribution in [0, 0.1) is 5.92 Å². The van der Waals surface area contributed by atoms with Gasteiger partial charge in [-0.3, -0.25) is 19.4 Å². The van der Waals surface area contributed by atoms with Crippen LogP contribution < -0.4 is 16.2 Å². The Morgan fingerprint density at radius 2 is 2.00 bits per heavy atom. The molecule has 1 fully saturated rings. The van der Waals surface area contributed by atoms with Gasteiger partial charge in [0.1, 0.15) is 5.82 Å². The monoisotopic (exact) mass is 374 g/mol. The number of H-pyrrole nitrogens is 1. The molecule has 1 aliphatic carbocycles. The lowest BCUT2D eigenvalue weighted by molar-refractivity contribution is -0.126. The van der Waals surface area contributed by atoms with Gasteiger partial charge in [0.15, 0.2) is 0 Å². The van der Waals surface area contributed by atoms with Gasteiger partial charge < -0.3 is 20.7 Å². The van der Waals surface area contributed by atoms with Gasteiger partial charge in [0.25, 0.3) is 12.0 Å². The minimum atomic E-state index is -0.250. The van der Waals surface area contributed by atoms with Crippen molar-refractivity contribution in [2.24, 2.45) is 5.92 Å². The SMILES string of the molecule is O=C(NCc1cc(=O)[nH]cn1)C1CCC(Nc2cnccn2)CC1.O=CO. The first kappa shape index (κ1) is 20.0. The second kappa shape index (κ2) is 10.6. The predicted molar refractivity (Wildman–Crippen MR) is 96.8 cm³/mol. The summed E-state index contributed by atoms with van der Waals surface area (Å²) in [6, 6.07) is 1.71. The average molecular weight is 374 g/mol. The number of anilines is 1. The number of hydrogen-bond donors (Lipinski definition) is 4. The molecule has 2 heterocycles. The molecular weight excluding hydrogens is 352 g/mol. The molecule has 0 radical (unpaired) electrons. The van der Waals surface area contributed by atoms with E-state index in [2.05, 4.69) is 30.6 Å².